The van der Waals surface area contributed by atoms with E-state index in [1.165, 1.54) is 37.1 Å². The van der Waals surface area contributed by atoms with E-state index >= 15 is 0 Å². The molecule has 1 heterocycles. The predicted molar refractivity (Wildman–Crippen MR) is 79.9 cm³/mol. The fraction of sp³-hybridized carbons (Fsp3) is 0.625. The lowest BCUT2D eigenvalue weighted by atomic mass is 9.98. The number of hydrogen-bond donors (Lipinski definition) is 2. The van der Waals surface area contributed by atoms with Gasteiger partial charge in [-0.25, -0.2) is 0 Å². The zero-order chi connectivity index (χ0) is 13.5. The Balaban J connectivity index is 1.74. The summed E-state index contributed by atoms with van der Waals surface area (Å²) >= 11 is 0. The Labute approximate surface area is 116 Å². The van der Waals surface area contributed by atoms with Crippen molar-refractivity contribution in [1.29, 1.82) is 0 Å². The molecule has 1 aromatic rings. The molecule has 2 rings (SSSR count). The maximum absolute atomic E-state index is 5.41. The SMILES string of the molecule is COc1ccc(C)cc1CCNCC1CCNCC1. The molecule has 0 saturated carbocycles. The van der Waals surface area contributed by atoms with Crippen molar-refractivity contribution < 1.29 is 4.74 Å². The lowest BCUT2D eigenvalue weighted by molar-refractivity contribution is 0.357. The topological polar surface area (TPSA) is 33.3 Å². The maximum atomic E-state index is 5.41. The summed E-state index contributed by atoms with van der Waals surface area (Å²) in [6, 6.07) is 6.40. The fourth-order valence-electron chi connectivity index (χ4n) is 2.72. The molecule has 1 aromatic carbocycles. The molecule has 106 valence electrons. The van der Waals surface area contributed by atoms with Crippen LogP contribution in [0.3, 0.4) is 0 Å². The molecule has 0 amide bonds. The molecule has 1 aliphatic rings. The van der Waals surface area contributed by atoms with E-state index in [-0.39, 0.29) is 0 Å². The van der Waals surface area contributed by atoms with Gasteiger partial charge in [0.25, 0.3) is 0 Å². The molecule has 0 spiro atoms. The molecule has 2 N–H and O–H groups in total. The molecule has 0 aliphatic carbocycles. The summed E-state index contributed by atoms with van der Waals surface area (Å²) in [6.07, 6.45) is 3.65. The van der Waals surface area contributed by atoms with Crippen LogP contribution < -0.4 is 15.4 Å². The first kappa shape index (κ1) is 14.4. The average Bonchev–Trinajstić information content (AvgIpc) is 2.45. The summed E-state index contributed by atoms with van der Waals surface area (Å²) in [6.45, 7) is 6.67. The number of piperidine rings is 1. The van der Waals surface area contributed by atoms with E-state index in [1.54, 1.807) is 7.11 Å². The minimum Gasteiger partial charge on any atom is -0.496 e. The van der Waals surface area contributed by atoms with Gasteiger partial charge in [-0.05, 0) is 69.9 Å². The van der Waals surface area contributed by atoms with Gasteiger partial charge in [-0.3, -0.25) is 0 Å². The standard InChI is InChI=1S/C16H26N2O/c1-13-3-4-16(19-2)15(11-13)7-10-18-12-14-5-8-17-9-6-14/h3-4,11,14,17-18H,5-10,12H2,1-2H3. The van der Waals surface area contributed by atoms with Crippen molar-refractivity contribution in [2.45, 2.75) is 26.2 Å². The third-order valence-electron chi connectivity index (χ3n) is 3.90. The van der Waals surface area contributed by atoms with Crippen molar-refractivity contribution in [1.82, 2.24) is 10.6 Å². The second kappa shape index (κ2) is 7.51. The van der Waals surface area contributed by atoms with Crippen LogP contribution in [-0.2, 0) is 6.42 Å². The van der Waals surface area contributed by atoms with E-state index in [1.807, 2.05) is 0 Å². The summed E-state index contributed by atoms with van der Waals surface area (Å²) in [5.41, 5.74) is 2.61. The summed E-state index contributed by atoms with van der Waals surface area (Å²) in [5, 5.41) is 7.00. The van der Waals surface area contributed by atoms with Gasteiger partial charge in [0.15, 0.2) is 0 Å². The summed E-state index contributed by atoms with van der Waals surface area (Å²) in [7, 11) is 1.75. The highest BCUT2D eigenvalue weighted by Crippen LogP contribution is 2.19. The summed E-state index contributed by atoms with van der Waals surface area (Å²) < 4.78 is 5.41. The number of benzene rings is 1. The van der Waals surface area contributed by atoms with Crippen LogP contribution in [0, 0.1) is 12.8 Å². The Kier molecular flexibility index (Phi) is 5.67. The molecule has 0 radical (unpaired) electrons. The Morgan fingerprint density at radius 2 is 2.11 bits per heavy atom. The molecular weight excluding hydrogens is 236 g/mol. The average molecular weight is 262 g/mol. The molecule has 19 heavy (non-hydrogen) atoms. The van der Waals surface area contributed by atoms with Crippen molar-refractivity contribution in [3.8, 4) is 5.75 Å². The number of ether oxygens (including phenoxy) is 1. The first-order valence-corrected chi connectivity index (χ1v) is 7.34. The van der Waals surface area contributed by atoms with Gasteiger partial charge in [0.2, 0.25) is 0 Å². The number of methoxy groups -OCH3 is 1. The van der Waals surface area contributed by atoms with Crippen LogP contribution in [0.25, 0.3) is 0 Å². The Bertz CT molecular complexity index is 386. The number of hydrogen-bond acceptors (Lipinski definition) is 3. The van der Waals surface area contributed by atoms with Gasteiger partial charge in [0, 0.05) is 0 Å². The minimum atomic E-state index is 0.848. The van der Waals surface area contributed by atoms with Crippen LogP contribution in [0.2, 0.25) is 0 Å². The van der Waals surface area contributed by atoms with E-state index in [0.717, 1.165) is 31.2 Å². The lowest BCUT2D eigenvalue weighted by Gasteiger charge is -2.22. The van der Waals surface area contributed by atoms with Crippen molar-refractivity contribution in [2.75, 3.05) is 33.3 Å². The normalized spacial score (nSPS) is 16.5. The van der Waals surface area contributed by atoms with Crippen molar-refractivity contribution in [2.24, 2.45) is 5.92 Å². The zero-order valence-corrected chi connectivity index (χ0v) is 12.2. The van der Waals surface area contributed by atoms with Crippen LogP contribution in [0.5, 0.6) is 5.75 Å². The largest absolute Gasteiger partial charge is 0.496 e. The van der Waals surface area contributed by atoms with E-state index in [2.05, 4.69) is 35.8 Å². The lowest BCUT2D eigenvalue weighted by Crippen LogP contribution is -2.34. The monoisotopic (exact) mass is 262 g/mol. The maximum Gasteiger partial charge on any atom is 0.122 e. The number of rotatable bonds is 6. The third kappa shape index (κ3) is 4.51. The highest BCUT2D eigenvalue weighted by atomic mass is 16.5. The van der Waals surface area contributed by atoms with Crippen molar-refractivity contribution in [3.63, 3.8) is 0 Å². The van der Waals surface area contributed by atoms with Crippen molar-refractivity contribution in [3.05, 3.63) is 29.3 Å². The van der Waals surface area contributed by atoms with Crippen LogP contribution in [0.15, 0.2) is 18.2 Å². The molecule has 0 aromatic heterocycles. The zero-order valence-electron chi connectivity index (χ0n) is 12.2. The van der Waals surface area contributed by atoms with Crippen molar-refractivity contribution >= 4 is 0 Å². The molecule has 1 fully saturated rings. The van der Waals surface area contributed by atoms with E-state index < -0.39 is 0 Å². The number of aryl methyl sites for hydroxylation is 1. The van der Waals surface area contributed by atoms with Crippen LogP contribution in [0.4, 0.5) is 0 Å². The van der Waals surface area contributed by atoms with Gasteiger partial charge >= 0.3 is 0 Å². The van der Waals surface area contributed by atoms with Gasteiger partial charge in [-0.1, -0.05) is 17.7 Å². The second-order valence-corrected chi connectivity index (χ2v) is 5.46. The predicted octanol–water partition coefficient (Wildman–Crippen LogP) is 2.14. The molecule has 0 bridgehead atoms. The second-order valence-electron chi connectivity index (χ2n) is 5.46. The van der Waals surface area contributed by atoms with Gasteiger partial charge < -0.3 is 15.4 Å². The molecule has 1 saturated heterocycles. The number of nitrogens with one attached hydrogen (secondary N) is 2. The van der Waals surface area contributed by atoms with E-state index in [0.29, 0.717) is 0 Å². The van der Waals surface area contributed by atoms with Gasteiger partial charge in [-0.15, -0.1) is 0 Å². The first-order valence-electron chi connectivity index (χ1n) is 7.34. The van der Waals surface area contributed by atoms with Gasteiger partial charge in [0.05, 0.1) is 7.11 Å². The quantitative estimate of drug-likeness (QED) is 0.771. The molecule has 3 heteroatoms. The summed E-state index contributed by atoms with van der Waals surface area (Å²) in [4.78, 5) is 0. The molecular formula is C16H26N2O. The van der Waals surface area contributed by atoms with Crippen LogP contribution >= 0.6 is 0 Å². The fourth-order valence-corrected chi connectivity index (χ4v) is 2.72. The highest BCUT2D eigenvalue weighted by Gasteiger charge is 2.12. The molecule has 0 atom stereocenters. The molecule has 1 aliphatic heterocycles. The highest BCUT2D eigenvalue weighted by molar-refractivity contribution is 5.37. The molecule has 3 nitrogen and oxygen atoms in total. The minimum absolute atomic E-state index is 0.848. The summed E-state index contributed by atoms with van der Waals surface area (Å²) in [5.74, 6) is 1.86. The first-order chi connectivity index (χ1) is 9.29. The molecule has 0 unspecified atom stereocenters. The van der Waals surface area contributed by atoms with Crippen LogP contribution in [-0.4, -0.2) is 33.3 Å². The van der Waals surface area contributed by atoms with Gasteiger partial charge in [0.1, 0.15) is 5.75 Å². The van der Waals surface area contributed by atoms with Crippen LogP contribution in [0.1, 0.15) is 24.0 Å². The van der Waals surface area contributed by atoms with E-state index in [4.69, 9.17) is 4.74 Å². The Morgan fingerprint density at radius 1 is 1.32 bits per heavy atom. The van der Waals surface area contributed by atoms with E-state index in [9.17, 15) is 0 Å². The third-order valence-corrected chi connectivity index (χ3v) is 3.90. The smallest absolute Gasteiger partial charge is 0.122 e. The Hall–Kier alpha value is -1.06. The van der Waals surface area contributed by atoms with Gasteiger partial charge in [-0.2, -0.15) is 0 Å². The Morgan fingerprint density at radius 3 is 2.84 bits per heavy atom.